The summed E-state index contributed by atoms with van der Waals surface area (Å²) in [4.78, 5) is -0.356. The van der Waals surface area contributed by atoms with E-state index < -0.39 is 72.3 Å². The topological polar surface area (TPSA) is 236 Å². The highest BCUT2D eigenvalue weighted by Gasteiger charge is 2.35. The first-order chi connectivity index (χ1) is 22.0. The van der Waals surface area contributed by atoms with Gasteiger partial charge in [0.05, 0.1) is 51.4 Å². The van der Waals surface area contributed by atoms with Crippen molar-refractivity contribution in [2.75, 3.05) is 26.4 Å². The summed E-state index contributed by atoms with van der Waals surface area (Å²) in [6.07, 6.45) is 0. The summed E-state index contributed by atoms with van der Waals surface area (Å²) < 4.78 is 117. The Morgan fingerprint density at radius 3 is 0.851 bits per heavy atom. The van der Waals surface area contributed by atoms with E-state index in [4.69, 9.17) is 17.5 Å². The molecule has 14 nitrogen and oxygen atoms in total. The Morgan fingerprint density at radius 1 is 0.426 bits per heavy atom. The number of aliphatic hydroxyl groups is 2. The van der Waals surface area contributed by atoms with Crippen LogP contribution in [0, 0.1) is 5.41 Å². The molecule has 0 heterocycles. The Kier molecular flexibility index (Phi) is 14.8. The van der Waals surface area contributed by atoms with E-state index in [9.17, 15) is 43.9 Å². The third kappa shape index (κ3) is 13.2. The molecule has 4 aromatic carbocycles. The van der Waals surface area contributed by atoms with Gasteiger partial charge < -0.3 is 10.2 Å². The molecular formula is C29H32O14S4. The van der Waals surface area contributed by atoms with E-state index in [1.54, 1.807) is 48.5 Å². The first-order valence-corrected chi connectivity index (χ1v) is 18.8. The molecule has 0 bridgehead atoms. The van der Waals surface area contributed by atoms with Gasteiger partial charge in [-0.15, -0.1) is 0 Å². The Labute approximate surface area is 273 Å². The fourth-order valence-corrected chi connectivity index (χ4v) is 6.24. The third-order valence-electron chi connectivity index (χ3n) is 5.86. The third-order valence-corrected chi connectivity index (χ3v) is 10.1. The molecule has 0 fully saturated rings. The van der Waals surface area contributed by atoms with Crippen LogP contribution in [0.15, 0.2) is 141 Å². The van der Waals surface area contributed by atoms with Crippen LogP contribution in [-0.4, -0.2) is 79.4 Å². The van der Waals surface area contributed by atoms with Crippen molar-refractivity contribution in [3.8, 4) is 0 Å². The Balaban J connectivity index is 0.000000310. The quantitative estimate of drug-likeness (QED) is 0.121. The molecule has 18 heteroatoms. The van der Waals surface area contributed by atoms with E-state index in [-0.39, 0.29) is 19.6 Å². The highest BCUT2D eigenvalue weighted by molar-refractivity contribution is 7.87. The molecule has 0 amide bonds. The normalized spacial score (nSPS) is 12.2. The van der Waals surface area contributed by atoms with Crippen LogP contribution in [0.3, 0.4) is 0 Å². The maximum Gasteiger partial charge on any atom is 0.296 e. The van der Waals surface area contributed by atoms with E-state index in [1.165, 1.54) is 72.8 Å². The molecule has 4 N–H and O–H groups in total. The van der Waals surface area contributed by atoms with Gasteiger partial charge in [-0.2, -0.15) is 33.7 Å². The van der Waals surface area contributed by atoms with Gasteiger partial charge >= 0.3 is 0 Å². The first kappa shape index (κ1) is 39.6. The minimum Gasteiger partial charge on any atom is -0.396 e. The molecule has 0 spiro atoms. The molecule has 0 unspecified atom stereocenters. The van der Waals surface area contributed by atoms with Gasteiger partial charge in [0.2, 0.25) is 0 Å². The van der Waals surface area contributed by atoms with Crippen molar-refractivity contribution in [2.45, 2.75) is 19.6 Å². The number of hydrogen-bond acceptors (Lipinski definition) is 12. The number of benzene rings is 4. The lowest BCUT2D eigenvalue weighted by atomic mass is 9.93. The minimum absolute atomic E-state index is 0.0741. The van der Waals surface area contributed by atoms with Crippen molar-refractivity contribution in [3.63, 3.8) is 0 Å². The van der Waals surface area contributed by atoms with Crippen molar-refractivity contribution in [1.82, 2.24) is 0 Å². The molecule has 0 aliphatic carbocycles. The Hall–Kier alpha value is -3.56. The second kappa shape index (κ2) is 17.6. The van der Waals surface area contributed by atoms with E-state index in [1.807, 2.05) is 0 Å². The lowest BCUT2D eigenvalue weighted by Crippen LogP contribution is -2.41. The minimum atomic E-state index is -4.15. The zero-order chi connectivity index (χ0) is 35.2. The van der Waals surface area contributed by atoms with Gasteiger partial charge in [-0.05, 0) is 48.5 Å². The van der Waals surface area contributed by atoms with Crippen LogP contribution in [0.5, 0.6) is 0 Å². The lowest BCUT2D eigenvalue weighted by Gasteiger charge is -2.28. The predicted molar refractivity (Wildman–Crippen MR) is 168 cm³/mol. The van der Waals surface area contributed by atoms with E-state index in [2.05, 4.69) is 0 Å². The van der Waals surface area contributed by atoms with Crippen LogP contribution in [-0.2, 0) is 48.8 Å². The summed E-state index contributed by atoms with van der Waals surface area (Å²) in [5, 5.41) is 19.2. The highest BCUT2D eigenvalue weighted by Crippen LogP contribution is 2.23. The molecule has 0 saturated heterocycles. The van der Waals surface area contributed by atoms with Crippen LogP contribution in [0.2, 0.25) is 0 Å². The second-order valence-electron chi connectivity index (χ2n) is 9.45. The van der Waals surface area contributed by atoms with Crippen molar-refractivity contribution in [3.05, 3.63) is 121 Å². The summed E-state index contributed by atoms with van der Waals surface area (Å²) >= 11 is 0. The molecule has 0 atom stereocenters. The number of hydrogen-bond donors (Lipinski definition) is 4. The lowest BCUT2D eigenvalue weighted by molar-refractivity contribution is -0.0152. The summed E-state index contributed by atoms with van der Waals surface area (Å²) in [5.74, 6) is 0. The Morgan fingerprint density at radius 2 is 0.660 bits per heavy atom. The van der Waals surface area contributed by atoms with Crippen molar-refractivity contribution in [2.24, 2.45) is 5.41 Å². The van der Waals surface area contributed by atoms with Gasteiger partial charge in [-0.25, -0.2) is 0 Å². The fraction of sp³-hybridized carbons (Fsp3) is 0.172. The van der Waals surface area contributed by atoms with Gasteiger partial charge in [0.25, 0.3) is 40.5 Å². The first-order valence-electron chi connectivity index (χ1n) is 13.1. The van der Waals surface area contributed by atoms with Crippen LogP contribution in [0.25, 0.3) is 0 Å². The SMILES string of the molecule is O=S(=O)(O)c1ccccc1.O=S(=O)(O)c1ccccc1.O=S(=O)(OCC(CO)(CO)COS(=O)(=O)c1ccccc1)c1ccccc1. The summed E-state index contributed by atoms with van der Waals surface area (Å²) in [6.45, 7) is -2.83. The average molecular weight is 733 g/mol. The number of rotatable bonds is 12. The van der Waals surface area contributed by atoms with Crippen molar-refractivity contribution < 1.29 is 61.4 Å². The molecule has 0 aliphatic heterocycles. The number of aliphatic hydroxyl groups excluding tert-OH is 2. The van der Waals surface area contributed by atoms with Gasteiger partial charge in [-0.1, -0.05) is 72.8 Å². The molecule has 0 saturated carbocycles. The zero-order valence-electron chi connectivity index (χ0n) is 24.4. The van der Waals surface area contributed by atoms with Gasteiger partial charge in [0.1, 0.15) is 0 Å². The van der Waals surface area contributed by atoms with Crippen molar-refractivity contribution >= 4 is 40.5 Å². The predicted octanol–water partition coefficient (Wildman–Crippen LogP) is 2.64. The summed E-state index contributed by atoms with van der Waals surface area (Å²) in [5.41, 5.74) is -1.64. The highest BCUT2D eigenvalue weighted by atomic mass is 32.2. The molecule has 256 valence electrons. The molecule has 47 heavy (non-hydrogen) atoms. The van der Waals surface area contributed by atoms with E-state index in [0.717, 1.165) is 0 Å². The molecule has 0 aromatic heterocycles. The maximum absolute atomic E-state index is 12.2. The smallest absolute Gasteiger partial charge is 0.296 e. The van der Waals surface area contributed by atoms with Gasteiger partial charge in [0, 0.05) is 0 Å². The molecular weight excluding hydrogens is 701 g/mol. The monoisotopic (exact) mass is 732 g/mol. The summed E-state index contributed by atoms with van der Waals surface area (Å²) in [7, 11) is -16.3. The van der Waals surface area contributed by atoms with Crippen LogP contribution in [0.4, 0.5) is 0 Å². The largest absolute Gasteiger partial charge is 0.396 e. The molecule has 0 aliphatic rings. The van der Waals surface area contributed by atoms with Crippen molar-refractivity contribution in [1.29, 1.82) is 0 Å². The van der Waals surface area contributed by atoms with E-state index >= 15 is 0 Å². The molecule has 4 rings (SSSR count). The standard InChI is InChI=1S/C17H20O8S2.2C6H6O3S/c18-11-17(12-19,13-24-26(20,21)15-7-3-1-4-8-15)14-25-27(22,23)16-9-5-2-6-10-16;2*7-10(8,9)6-4-2-1-3-5-6/h1-10,18-19H,11-14H2;2*1-5H,(H,7,8,9). The molecule has 0 radical (unpaired) electrons. The zero-order valence-corrected chi connectivity index (χ0v) is 27.6. The van der Waals surface area contributed by atoms with Crippen LogP contribution < -0.4 is 0 Å². The fourth-order valence-electron chi connectivity index (χ4n) is 3.17. The van der Waals surface area contributed by atoms with Crippen LogP contribution >= 0.6 is 0 Å². The maximum atomic E-state index is 12.2. The second-order valence-corrected chi connectivity index (χ2v) is 15.5. The Bertz CT molecular complexity index is 1810. The van der Waals surface area contributed by atoms with Crippen LogP contribution in [0.1, 0.15) is 0 Å². The van der Waals surface area contributed by atoms with Gasteiger partial charge in [0.15, 0.2) is 0 Å². The molecule has 4 aromatic rings. The van der Waals surface area contributed by atoms with Gasteiger partial charge in [-0.3, -0.25) is 17.5 Å². The average Bonchev–Trinajstić information content (AvgIpc) is 3.07. The summed E-state index contributed by atoms with van der Waals surface area (Å²) in [6, 6.07) is 29.5. The van der Waals surface area contributed by atoms with E-state index in [0.29, 0.717) is 0 Å².